The molecule has 1 amide bonds. The van der Waals surface area contributed by atoms with E-state index in [0.29, 0.717) is 52.3 Å². The first kappa shape index (κ1) is 29.0. The number of amides is 1. The number of nitrogens with one attached hydrogen (secondary N) is 2. The number of benzene rings is 1. The van der Waals surface area contributed by atoms with Crippen LogP contribution in [0.2, 0.25) is 0 Å². The highest BCUT2D eigenvalue weighted by Crippen LogP contribution is 2.37. The minimum Gasteiger partial charge on any atom is -0.495 e. The van der Waals surface area contributed by atoms with E-state index in [1.807, 2.05) is 17.6 Å². The van der Waals surface area contributed by atoms with E-state index in [2.05, 4.69) is 35.6 Å². The SMILES string of the molecule is COc1cnc(C(=O)Nc2ccc(C)c(Nc3ncccc3-c3ncnc4c3ncn4C3CCCCO3)c2)cc1C(F)(F)F. The quantitative estimate of drug-likeness (QED) is 0.219. The molecule has 0 bridgehead atoms. The Hall–Kier alpha value is -5.11. The minimum atomic E-state index is -4.72. The first-order chi connectivity index (χ1) is 21.2. The van der Waals surface area contributed by atoms with Crippen LogP contribution in [0.3, 0.4) is 0 Å². The molecule has 226 valence electrons. The summed E-state index contributed by atoms with van der Waals surface area (Å²) < 4.78 is 53.0. The molecule has 44 heavy (non-hydrogen) atoms. The number of methoxy groups -OCH3 is 1. The van der Waals surface area contributed by atoms with Gasteiger partial charge in [0.25, 0.3) is 5.91 Å². The Labute approximate surface area is 249 Å². The van der Waals surface area contributed by atoms with E-state index >= 15 is 0 Å². The lowest BCUT2D eigenvalue weighted by molar-refractivity contribution is -0.138. The summed E-state index contributed by atoms with van der Waals surface area (Å²) in [5, 5.41) is 5.93. The standard InChI is InChI=1S/C30H27F3N8O3/c1-17-8-9-18(39-29(42)22-13-20(30(31,32)33)23(43-2)14-35-22)12-21(17)40-27-19(6-5-10-34-27)25-26-28(37-15-36-25)41(16-38-26)24-7-3-4-11-44-24/h5-6,8-10,12-16,24H,3-4,7,11H2,1-2H3,(H,34,40)(H,39,42). The molecule has 1 aliphatic rings. The molecule has 0 radical (unpaired) electrons. The molecule has 1 unspecified atom stereocenters. The molecule has 6 rings (SSSR count). The zero-order valence-corrected chi connectivity index (χ0v) is 23.7. The smallest absolute Gasteiger partial charge is 0.420 e. The average molecular weight is 605 g/mol. The van der Waals surface area contributed by atoms with Gasteiger partial charge in [-0.05, 0) is 62.1 Å². The van der Waals surface area contributed by atoms with Gasteiger partial charge in [-0.15, -0.1) is 0 Å². The number of hydrogen-bond donors (Lipinski definition) is 2. The lowest BCUT2D eigenvalue weighted by atomic mass is 10.1. The van der Waals surface area contributed by atoms with E-state index in [4.69, 9.17) is 9.47 Å². The van der Waals surface area contributed by atoms with Crippen LogP contribution >= 0.6 is 0 Å². The fraction of sp³-hybridized carbons (Fsp3) is 0.267. The van der Waals surface area contributed by atoms with Crippen LogP contribution in [0.25, 0.3) is 22.4 Å². The van der Waals surface area contributed by atoms with E-state index in [1.165, 1.54) is 6.33 Å². The number of alkyl halides is 3. The molecule has 0 spiro atoms. The van der Waals surface area contributed by atoms with Crippen molar-refractivity contribution in [2.24, 2.45) is 0 Å². The maximum absolute atomic E-state index is 13.5. The molecule has 1 atom stereocenters. The first-order valence-electron chi connectivity index (χ1n) is 13.8. The first-order valence-corrected chi connectivity index (χ1v) is 13.8. The highest BCUT2D eigenvalue weighted by Gasteiger charge is 2.35. The Balaban J connectivity index is 1.28. The van der Waals surface area contributed by atoms with Crippen molar-refractivity contribution in [3.8, 4) is 17.0 Å². The summed E-state index contributed by atoms with van der Waals surface area (Å²) in [6.07, 6.45) is 3.79. The van der Waals surface area contributed by atoms with Crippen LogP contribution in [0.1, 0.15) is 47.1 Å². The summed E-state index contributed by atoms with van der Waals surface area (Å²) >= 11 is 0. The van der Waals surface area contributed by atoms with E-state index in [9.17, 15) is 18.0 Å². The summed E-state index contributed by atoms with van der Waals surface area (Å²) in [5.74, 6) is -0.807. The second-order valence-electron chi connectivity index (χ2n) is 10.1. The molecule has 1 saturated heterocycles. The molecular weight excluding hydrogens is 577 g/mol. The van der Waals surface area contributed by atoms with Crippen LogP contribution in [0.4, 0.5) is 30.4 Å². The number of ether oxygens (including phenoxy) is 2. The zero-order chi connectivity index (χ0) is 30.8. The Morgan fingerprint density at radius 3 is 2.73 bits per heavy atom. The third kappa shape index (κ3) is 5.75. The number of anilines is 3. The molecule has 1 aromatic carbocycles. The molecule has 1 aliphatic heterocycles. The van der Waals surface area contributed by atoms with Crippen molar-refractivity contribution in [2.75, 3.05) is 24.4 Å². The predicted molar refractivity (Wildman–Crippen MR) is 156 cm³/mol. The van der Waals surface area contributed by atoms with Gasteiger partial charge in [0.05, 0.1) is 19.6 Å². The van der Waals surface area contributed by atoms with Crippen molar-refractivity contribution in [2.45, 2.75) is 38.6 Å². The summed E-state index contributed by atoms with van der Waals surface area (Å²) in [6.45, 7) is 2.55. The number of imidazole rings is 1. The van der Waals surface area contributed by atoms with Gasteiger partial charge in [-0.3, -0.25) is 9.36 Å². The molecule has 1 fully saturated rings. The predicted octanol–water partition coefficient (Wildman–Crippen LogP) is 6.31. The van der Waals surface area contributed by atoms with Crippen LogP contribution < -0.4 is 15.4 Å². The van der Waals surface area contributed by atoms with Crippen molar-refractivity contribution in [1.29, 1.82) is 0 Å². The van der Waals surface area contributed by atoms with E-state index < -0.39 is 29.1 Å². The lowest BCUT2D eigenvalue weighted by Crippen LogP contribution is -2.17. The zero-order valence-electron chi connectivity index (χ0n) is 23.7. The van der Waals surface area contributed by atoms with Crippen LogP contribution in [0.15, 0.2) is 61.4 Å². The topological polar surface area (TPSA) is 129 Å². The Morgan fingerprint density at radius 2 is 1.95 bits per heavy atom. The number of aryl methyl sites for hydroxylation is 1. The summed E-state index contributed by atoms with van der Waals surface area (Å²) in [5.41, 5.74) is 2.76. The summed E-state index contributed by atoms with van der Waals surface area (Å²) in [4.78, 5) is 34.9. The molecule has 5 heterocycles. The van der Waals surface area contributed by atoms with Gasteiger partial charge in [0, 0.05) is 29.7 Å². The van der Waals surface area contributed by atoms with Crippen LogP contribution in [-0.4, -0.2) is 49.1 Å². The Kier molecular flexibility index (Phi) is 7.82. The molecule has 0 aliphatic carbocycles. The second kappa shape index (κ2) is 11.9. The number of pyridine rings is 2. The van der Waals surface area contributed by atoms with Crippen molar-refractivity contribution in [3.05, 3.63) is 78.3 Å². The molecular formula is C30H27F3N8O3. The van der Waals surface area contributed by atoms with E-state index in [1.54, 1.807) is 36.8 Å². The van der Waals surface area contributed by atoms with Crippen molar-refractivity contribution in [1.82, 2.24) is 29.5 Å². The van der Waals surface area contributed by atoms with Gasteiger partial charge in [-0.2, -0.15) is 13.2 Å². The number of carbonyl (C=O) groups excluding carboxylic acids is 1. The van der Waals surface area contributed by atoms with Gasteiger partial charge in [0.1, 0.15) is 46.6 Å². The molecule has 4 aromatic heterocycles. The number of fused-ring (bicyclic) bond motifs is 1. The Bertz CT molecular complexity index is 1840. The maximum Gasteiger partial charge on any atom is 0.420 e. The maximum atomic E-state index is 13.5. The third-order valence-corrected chi connectivity index (χ3v) is 7.26. The third-order valence-electron chi connectivity index (χ3n) is 7.26. The van der Waals surface area contributed by atoms with Crippen molar-refractivity contribution >= 4 is 34.3 Å². The Morgan fingerprint density at radius 1 is 1.09 bits per heavy atom. The van der Waals surface area contributed by atoms with Crippen LogP contribution in [0, 0.1) is 6.92 Å². The van der Waals surface area contributed by atoms with Gasteiger partial charge in [-0.25, -0.2) is 24.9 Å². The van der Waals surface area contributed by atoms with E-state index in [-0.39, 0.29) is 6.23 Å². The highest BCUT2D eigenvalue weighted by molar-refractivity contribution is 6.03. The number of hydrogen-bond acceptors (Lipinski definition) is 9. The van der Waals surface area contributed by atoms with Gasteiger partial charge >= 0.3 is 6.18 Å². The van der Waals surface area contributed by atoms with Crippen LogP contribution in [0.5, 0.6) is 5.75 Å². The van der Waals surface area contributed by atoms with E-state index in [0.717, 1.165) is 38.1 Å². The van der Waals surface area contributed by atoms with Gasteiger partial charge in [-0.1, -0.05) is 6.07 Å². The highest BCUT2D eigenvalue weighted by atomic mass is 19.4. The normalized spacial score (nSPS) is 15.2. The average Bonchev–Trinajstić information content (AvgIpc) is 3.47. The van der Waals surface area contributed by atoms with Crippen molar-refractivity contribution < 1.29 is 27.4 Å². The largest absolute Gasteiger partial charge is 0.495 e. The lowest BCUT2D eigenvalue weighted by Gasteiger charge is -2.23. The molecule has 5 aromatic rings. The molecule has 14 heteroatoms. The summed E-state index contributed by atoms with van der Waals surface area (Å²) in [7, 11) is 1.10. The molecule has 0 saturated carbocycles. The number of halogens is 3. The fourth-order valence-electron chi connectivity index (χ4n) is 5.01. The monoisotopic (exact) mass is 604 g/mol. The molecule has 11 nitrogen and oxygen atoms in total. The molecule has 2 N–H and O–H groups in total. The number of carbonyl (C=O) groups is 1. The summed E-state index contributed by atoms with van der Waals surface area (Å²) in [6, 6.07) is 9.37. The minimum absolute atomic E-state index is 0.142. The van der Waals surface area contributed by atoms with Gasteiger partial charge < -0.3 is 20.1 Å². The number of aromatic nitrogens is 6. The number of rotatable bonds is 7. The number of nitrogens with zero attached hydrogens (tertiary/aromatic N) is 6. The van der Waals surface area contributed by atoms with Gasteiger partial charge in [0.15, 0.2) is 5.65 Å². The van der Waals surface area contributed by atoms with Crippen molar-refractivity contribution in [3.63, 3.8) is 0 Å². The fourth-order valence-corrected chi connectivity index (χ4v) is 5.01. The van der Waals surface area contributed by atoms with Crippen LogP contribution in [-0.2, 0) is 10.9 Å². The van der Waals surface area contributed by atoms with Gasteiger partial charge in [0.2, 0.25) is 0 Å². The second-order valence-corrected chi connectivity index (χ2v) is 10.1.